The Bertz CT molecular complexity index is 950. The van der Waals surface area contributed by atoms with Crippen LogP contribution in [0.25, 0.3) is 10.9 Å². The maximum absolute atomic E-state index is 12.1. The van der Waals surface area contributed by atoms with Gasteiger partial charge in [-0.2, -0.15) is 0 Å². The zero-order chi connectivity index (χ0) is 15.7. The van der Waals surface area contributed by atoms with Crippen LogP contribution in [-0.2, 0) is 0 Å². The minimum absolute atomic E-state index is 0.151. The Labute approximate surface area is 129 Å². The predicted octanol–water partition coefficient (Wildman–Crippen LogP) is 1.44. The van der Waals surface area contributed by atoms with E-state index in [2.05, 4.69) is 19.9 Å². The quantitative estimate of drug-likeness (QED) is 0.497. The van der Waals surface area contributed by atoms with Crippen LogP contribution in [0.2, 0.25) is 0 Å². The number of hydrogen-bond acceptors (Lipinski definition) is 6. The fraction of sp³-hybridized carbons (Fsp3) is 0.143. The molecular weight excluding hydrogens is 302 g/mol. The number of nitrogens with zero attached hydrogens (tertiary/aromatic N) is 2. The molecule has 4 N–H and O–H groups in total. The van der Waals surface area contributed by atoms with Crippen LogP contribution in [0.3, 0.4) is 0 Å². The Kier molecular flexibility index (Phi) is 3.68. The van der Waals surface area contributed by atoms with Gasteiger partial charge in [-0.05, 0) is 19.1 Å². The van der Waals surface area contributed by atoms with Crippen molar-refractivity contribution in [2.24, 2.45) is 0 Å². The summed E-state index contributed by atoms with van der Waals surface area (Å²) in [6.07, 6.45) is 0. The fourth-order valence-corrected chi connectivity index (χ4v) is 2.91. The van der Waals surface area contributed by atoms with E-state index in [0.717, 1.165) is 0 Å². The Morgan fingerprint density at radius 3 is 2.73 bits per heavy atom. The third-order valence-electron chi connectivity index (χ3n) is 3.04. The minimum atomic E-state index is -0.317. The first-order valence-corrected chi connectivity index (χ1v) is 7.43. The Hall–Kier alpha value is -2.61. The number of nitrogens with one attached hydrogen (secondary N) is 2. The number of anilines is 1. The van der Waals surface area contributed by atoms with Crippen LogP contribution < -0.4 is 16.9 Å². The zero-order valence-electron chi connectivity index (χ0n) is 11.7. The second kappa shape index (κ2) is 5.64. The summed E-state index contributed by atoms with van der Waals surface area (Å²) in [7, 11) is 0. The second-order valence-electron chi connectivity index (χ2n) is 4.70. The monoisotopic (exact) mass is 315 g/mol. The van der Waals surface area contributed by atoms with Gasteiger partial charge in [0.25, 0.3) is 11.1 Å². The standard InChI is InChI=1S/C14H13N5O2S/c1-7(22-14-17-10(15)6-11(20)18-14)12-16-9-5-3-2-4-8(9)13(21)19-12/h2-7H,1H3,(H,16,19,21)(H3,15,17,18,20)/t7-/m1/s1. The first-order chi connectivity index (χ1) is 10.5. The molecule has 0 spiro atoms. The maximum atomic E-state index is 12.1. The number of benzene rings is 1. The van der Waals surface area contributed by atoms with Gasteiger partial charge >= 0.3 is 0 Å². The van der Waals surface area contributed by atoms with Gasteiger partial charge in [0.05, 0.1) is 16.2 Å². The Balaban J connectivity index is 1.96. The molecule has 22 heavy (non-hydrogen) atoms. The van der Waals surface area contributed by atoms with Gasteiger partial charge in [0.2, 0.25) is 0 Å². The van der Waals surface area contributed by atoms with E-state index in [-0.39, 0.29) is 22.2 Å². The van der Waals surface area contributed by atoms with Crippen molar-refractivity contribution in [2.75, 3.05) is 5.73 Å². The highest BCUT2D eigenvalue weighted by Gasteiger charge is 2.14. The minimum Gasteiger partial charge on any atom is -0.383 e. The molecule has 1 aromatic carbocycles. The molecule has 0 aliphatic rings. The smallest absolute Gasteiger partial charge is 0.258 e. The largest absolute Gasteiger partial charge is 0.383 e. The normalized spacial score (nSPS) is 12.4. The highest BCUT2D eigenvalue weighted by atomic mass is 32.2. The van der Waals surface area contributed by atoms with Crippen molar-refractivity contribution < 1.29 is 0 Å². The van der Waals surface area contributed by atoms with Crippen LogP contribution >= 0.6 is 11.8 Å². The molecule has 112 valence electrons. The van der Waals surface area contributed by atoms with Gasteiger partial charge in [-0.3, -0.25) is 9.59 Å². The molecule has 0 fully saturated rings. The number of rotatable bonds is 3. The molecule has 0 amide bonds. The highest BCUT2D eigenvalue weighted by Crippen LogP contribution is 2.30. The lowest BCUT2D eigenvalue weighted by molar-refractivity contribution is 0.894. The molecule has 3 rings (SSSR count). The lowest BCUT2D eigenvalue weighted by atomic mass is 10.2. The summed E-state index contributed by atoms with van der Waals surface area (Å²) >= 11 is 1.26. The van der Waals surface area contributed by atoms with Crippen molar-refractivity contribution in [1.82, 2.24) is 19.9 Å². The number of hydrogen-bond donors (Lipinski definition) is 3. The lowest BCUT2D eigenvalue weighted by Gasteiger charge is -2.10. The summed E-state index contributed by atoms with van der Waals surface area (Å²) in [5, 5.41) is 0.717. The molecule has 0 aliphatic carbocycles. The van der Waals surface area contributed by atoms with Crippen LogP contribution in [0.1, 0.15) is 18.0 Å². The number of nitrogen functional groups attached to an aromatic ring is 1. The number of H-pyrrole nitrogens is 2. The average Bonchev–Trinajstić information content (AvgIpc) is 2.46. The van der Waals surface area contributed by atoms with Crippen molar-refractivity contribution in [2.45, 2.75) is 17.3 Å². The highest BCUT2D eigenvalue weighted by molar-refractivity contribution is 7.99. The van der Waals surface area contributed by atoms with Crippen molar-refractivity contribution in [3.05, 3.63) is 56.9 Å². The van der Waals surface area contributed by atoms with E-state index >= 15 is 0 Å². The molecule has 3 aromatic rings. The first-order valence-electron chi connectivity index (χ1n) is 6.55. The lowest BCUT2D eigenvalue weighted by Crippen LogP contribution is -2.14. The van der Waals surface area contributed by atoms with Gasteiger partial charge in [0.15, 0.2) is 5.16 Å². The van der Waals surface area contributed by atoms with Crippen molar-refractivity contribution in [3.63, 3.8) is 0 Å². The Morgan fingerprint density at radius 2 is 1.95 bits per heavy atom. The van der Waals surface area contributed by atoms with Gasteiger partial charge in [0.1, 0.15) is 11.6 Å². The summed E-state index contributed by atoms with van der Waals surface area (Å²) in [6.45, 7) is 1.86. The second-order valence-corrected chi connectivity index (χ2v) is 6.03. The third kappa shape index (κ3) is 2.86. The van der Waals surface area contributed by atoms with Crippen LogP contribution in [0.5, 0.6) is 0 Å². The van der Waals surface area contributed by atoms with Gasteiger partial charge in [-0.25, -0.2) is 9.97 Å². The molecule has 0 aliphatic heterocycles. The molecule has 0 radical (unpaired) electrons. The van der Waals surface area contributed by atoms with Crippen molar-refractivity contribution in [3.8, 4) is 0 Å². The van der Waals surface area contributed by atoms with Crippen LogP contribution in [0.4, 0.5) is 5.82 Å². The number of para-hydroxylation sites is 1. The molecule has 0 unspecified atom stereocenters. The summed E-state index contributed by atoms with van der Waals surface area (Å²) < 4.78 is 0. The van der Waals surface area contributed by atoms with Crippen LogP contribution in [0, 0.1) is 0 Å². The van der Waals surface area contributed by atoms with E-state index in [0.29, 0.717) is 21.9 Å². The van der Waals surface area contributed by atoms with Crippen LogP contribution in [-0.4, -0.2) is 19.9 Å². The number of fused-ring (bicyclic) bond motifs is 1. The van der Waals surface area contributed by atoms with E-state index in [1.54, 1.807) is 18.2 Å². The van der Waals surface area contributed by atoms with Crippen LogP contribution in [0.15, 0.2) is 45.1 Å². The summed E-state index contributed by atoms with van der Waals surface area (Å²) in [4.78, 5) is 37.3. The molecule has 0 bridgehead atoms. The maximum Gasteiger partial charge on any atom is 0.258 e. The van der Waals surface area contributed by atoms with Gasteiger partial charge in [0, 0.05) is 6.07 Å². The Morgan fingerprint density at radius 1 is 1.18 bits per heavy atom. The molecule has 8 heteroatoms. The van der Waals surface area contributed by atoms with E-state index < -0.39 is 0 Å². The molecular formula is C14H13N5O2S. The van der Waals surface area contributed by atoms with E-state index in [4.69, 9.17) is 5.73 Å². The van der Waals surface area contributed by atoms with Gasteiger partial charge in [-0.1, -0.05) is 23.9 Å². The molecule has 0 saturated carbocycles. The van der Waals surface area contributed by atoms with Crippen molar-refractivity contribution in [1.29, 1.82) is 0 Å². The molecule has 0 saturated heterocycles. The van der Waals surface area contributed by atoms with E-state index in [9.17, 15) is 9.59 Å². The summed E-state index contributed by atoms with van der Waals surface area (Å²) in [5.74, 6) is 0.664. The topological polar surface area (TPSA) is 118 Å². The number of aromatic amines is 2. The average molecular weight is 315 g/mol. The SMILES string of the molecule is C[C@@H](Sc1nc(N)cc(=O)[nH]1)c1nc2ccccc2c(=O)[nH]1. The molecule has 2 aromatic heterocycles. The third-order valence-corrected chi connectivity index (χ3v) is 4.04. The number of thioether (sulfide) groups is 1. The molecule has 2 heterocycles. The van der Waals surface area contributed by atoms with Gasteiger partial charge < -0.3 is 15.7 Å². The van der Waals surface area contributed by atoms with Gasteiger partial charge in [-0.15, -0.1) is 0 Å². The predicted molar refractivity (Wildman–Crippen MR) is 85.9 cm³/mol. The summed E-state index contributed by atoms with van der Waals surface area (Å²) in [6, 6.07) is 8.34. The van der Waals surface area contributed by atoms with Crippen molar-refractivity contribution >= 4 is 28.5 Å². The number of nitrogens with two attached hydrogens (primary N) is 1. The van der Waals surface area contributed by atoms with E-state index in [1.165, 1.54) is 17.8 Å². The van der Waals surface area contributed by atoms with E-state index in [1.807, 2.05) is 13.0 Å². The zero-order valence-corrected chi connectivity index (χ0v) is 12.5. The molecule has 1 atom stereocenters. The number of aromatic nitrogens is 4. The molecule has 7 nitrogen and oxygen atoms in total. The first kappa shape index (κ1) is 14.3. The summed E-state index contributed by atoms with van der Waals surface area (Å²) in [5.41, 5.74) is 5.67. The fourth-order valence-electron chi connectivity index (χ4n) is 2.03.